The molecule has 0 radical (unpaired) electrons. The molecule has 0 saturated heterocycles. The maximum atomic E-state index is 10.6. The number of carbonyl (C=O) groups excluding carboxylic acids is 1. The van der Waals surface area contributed by atoms with Crippen LogP contribution in [0.2, 0.25) is 5.02 Å². The van der Waals surface area contributed by atoms with Crippen molar-refractivity contribution in [3.8, 4) is 0 Å². The molecule has 88 valence electrons. The van der Waals surface area contributed by atoms with E-state index in [9.17, 15) is 4.79 Å². The lowest BCUT2D eigenvalue weighted by Gasteiger charge is -2.09. The van der Waals surface area contributed by atoms with Crippen LogP contribution in [0.5, 0.6) is 0 Å². The SMILES string of the molecule is NC(=O)C(O)CNCc1ccc(Cl)cc1Br. The Bertz CT molecular complexity index is 387. The summed E-state index contributed by atoms with van der Waals surface area (Å²) in [5.74, 6) is -0.734. The number of carbonyl (C=O) groups is 1. The number of hydrogen-bond donors (Lipinski definition) is 3. The van der Waals surface area contributed by atoms with Gasteiger partial charge in [-0.1, -0.05) is 33.6 Å². The van der Waals surface area contributed by atoms with Crippen LogP contribution >= 0.6 is 27.5 Å². The van der Waals surface area contributed by atoms with Crippen LogP contribution < -0.4 is 11.1 Å². The van der Waals surface area contributed by atoms with Crippen molar-refractivity contribution in [2.45, 2.75) is 12.6 Å². The molecule has 0 fully saturated rings. The summed E-state index contributed by atoms with van der Waals surface area (Å²) in [6.45, 7) is 0.645. The van der Waals surface area contributed by atoms with Crippen molar-refractivity contribution >= 4 is 33.4 Å². The minimum atomic E-state index is -1.16. The monoisotopic (exact) mass is 306 g/mol. The summed E-state index contributed by atoms with van der Waals surface area (Å²) in [5, 5.41) is 12.7. The normalized spacial score (nSPS) is 12.4. The van der Waals surface area contributed by atoms with Gasteiger partial charge in [0, 0.05) is 22.6 Å². The molecule has 1 aromatic rings. The van der Waals surface area contributed by atoms with E-state index in [1.54, 1.807) is 12.1 Å². The maximum Gasteiger partial charge on any atom is 0.247 e. The molecule has 1 atom stereocenters. The molecule has 1 amide bonds. The van der Waals surface area contributed by atoms with Crippen molar-refractivity contribution < 1.29 is 9.90 Å². The van der Waals surface area contributed by atoms with Crippen LogP contribution in [0.1, 0.15) is 5.56 Å². The van der Waals surface area contributed by atoms with Gasteiger partial charge in [0.15, 0.2) is 0 Å². The van der Waals surface area contributed by atoms with Gasteiger partial charge in [-0.05, 0) is 17.7 Å². The van der Waals surface area contributed by atoms with Gasteiger partial charge in [-0.15, -0.1) is 0 Å². The number of nitrogens with one attached hydrogen (secondary N) is 1. The van der Waals surface area contributed by atoms with Gasteiger partial charge >= 0.3 is 0 Å². The van der Waals surface area contributed by atoms with Gasteiger partial charge in [0.1, 0.15) is 6.10 Å². The van der Waals surface area contributed by atoms with Crippen LogP contribution in [0, 0.1) is 0 Å². The first-order chi connectivity index (χ1) is 7.50. The van der Waals surface area contributed by atoms with Crippen LogP contribution in [0.4, 0.5) is 0 Å². The molecule has 0 spiro atoms. The van der Waals surface area contributed by atoms with E-state index in [0.717, 1.165) is 10.0 Å². The van der Waals surface area contributed by atoms with Crippen molar-refractivity contribution in [1.82, 2.24) is 5.32 Å². The molecule has 1 rings (SSSR count). The van der Waals surface area contributed by atoms with Crippen molar-refractivity contribution in [2.75, 3.05) is 6.54 Å². The molecule has 0 aliphatic carbocycles. The second kappa shape index (κ2) is 6.20. The first-order valence-electron chi connectivity index (χ1n) is 4.62. The average molecular weight is 308 g/mol. The van der Waals surface area contributed by atoms with E-state index in [0.29, 0.717) is 11.6 Å². The summed E-state index contributed by atoms with van der Waals surface area (Å²) in [6.07, 6.45) is -1.16. The largest absolute Gasteiger partial charge is 0.382 e. The van der Waals surface area contributed by atoms with Crippen molar-refractivity contribution in [3.63, 3.8) is 0 Å². The molecule has 4 N–H and O–H groups in total. The lowest BCUT2D eigenvalue weighted by atomic mass is 10.2. The zero-order valence-electron chi connectivity index (χ0n) is 8.41. The molecule has 4 nitrogen and oxygen atoms in total. The number of primary amides is 1. The lowest BCUT2D eigenvalue weighted by molar-refractivity contribution is -0.125. The highest BCUT2D eigenvalue weighted by molar-refractivity contribution is 9.10. The summed E-state index contributed by atoms with van der Waals surface area (Å²) in [5.41, 5.74) is 5.90. The van der Waals surface area contributed by atoms with Crippen molar-refractivity contribution in [2.24, 2.45) is 5.73 Å². The number of benzene rings is 1. The molecule has 0 aliphatic heterocycles. The molecule has 0 heterocycles. The fraction of sp³-hybridized carbons (Fsp3) is 0.300. The zero-order chi connectivity index (χ0) is 12.1. The Morgan fingerprint density at radius 3 is 2.88 bits per heavy atom. The highest BCUT2D eigenvalue weighted by Crippen LogP contribution is 2.21. The second-order valence-electron chi connectivity index (χ2n) is 3.28. The number of aliphatic hydroxyl groups excluding tert-OH is 1. The van der Waals surface area contributed by atoms with Gasteiger partial charge in [0.2, 0.25) is 5.91 Å². The Hall–Kier alpha value is -0.620. The van der Waals surface area contributed by atoms with Crippen molar-refractivity contribution in [3.05, 3.63) is 33.3 Å². The molecule has 16 heavy (non-hydrogen) atoms. The summed E-state index contributed by atoms with van der Waals surface area (Å²) in [6, 6.07) is 5.41. The summed E-state index contributed by atoms with van der Waals surface area (Å²) in [7, 11) is 0. The van der Waals surface area contributed by atoms with E-state index in [2.05, 4.69) is 21.2 Å². The fourth-order valence-corrected chi connectivity index (χ4v) is 1.93. The van der Waals surface area contributed by atoms with Crippen LogP contribution in [0.15, 0.2) is 22.7 Å². The molecular formula is C10H12BrClN2O2. The molecule has 0 aromatic heterocycles. The van der Waals surface area contributed by atoms with Crippen molar-refractivity contribution in [1.29, 1.82) is 0 Å². The Balaban J connectivity index is 2.46. The summed E-state index contributed by atoms with van der Waals surface area (Å²) < 4.78 is 0.876. The molecule has 1 unspecified atom stereocenters. The minimum Gasteiger partial charge on any atom is -0.382 e. The summed E-state index contributed by atoms with van der Waals surface area (Å²) >= 11 is 9.16. The highest BCUT2D eigenvalue weighted by atomic mass is 79.9. The fourth-order valence-electron chi connectivity index (χ4n) is 1.11. The predicted octanol–water partition coefficient (Wildman–Crippen LogP) is 1.04. The first kappa shape index (κ1) is 13.4. The third-order valence-corrected chi connectivity index (χ3v) is 2.97. The maximum absolute atomic E-state index is 10.6. The Morgan fingerprint density at radius 1 is 1.62 bits per heavy atom. The lowest BCUT2D eigenvalue weighted by Crippen LogP contribution is -2.37. The van der Waals surface area contributed by atoms with E-state index < -0.39 is 12.0 Å². The molecule has 0 bridgehead atoms. The molecule has 0 aliphatic rings. The quantitative estimate of drug-likeness (QED) is 0.761. The van der Waals surface area contributed by atoms with E-state index >= 15 is 0 Å². The Morgan fingerprint density at radius 2 is 2.31 bits per heavy atom. The van der Waals surface area contributed by atoms with Gasteiger partial charge in [0.25, 0.3) is 0 Å². The van der Waals surface area contributed by atoms with Gasteiger partial charge in [-0.3, -0.25) is 4.79 Å². The van der Waals surface area contributed by atoms with Crippen LogP contribution in [0.3, 0.4) is 0 Å². The molecular weight excluding hydrogens is 295 g/mol. The summed E-state index contributed by atoms with van der Waals surface area (Å²) in [4.78, 5) is 10.6. The second-order valence-corrected chi connectivity index (χ2v) is 4.58. The van der Waals surface area contributed by atoms with Crippen LogP contribution in [-0.4, -0.2) is 23.7 Å². The van der Waals surface area contributed by atoms with E-state index in [-0.39, 0.29) is 6.54 Å². The predicted molar refractivity (Wildman–Crippen MR) is 66.1 cm³/mol. The van der Waals surface area contributed by atoms with Crippen LogP contribution in [-0.2, 0) is 11.3 Å². The first-order valence-corrected chi connectivity index (χ1v) is 5.80. The highest BCUT2D eigenvalue weighted by Gasteiger charge is 2.09. The smallest absolute Gasteiger partial charge is 0.247 e. The van der Waals surface area contributed by atoms with Gasteiger partial charge in [0.05, 0.1) is 0 Å². The number of hydrogen-bond acceptors (Lipinski definition) is 3. The molecule has 6 heteroatoms. The zero-order valence-corrected chi connectivity index (χ0v) is 10.8. The van der Waals surface area contributed by atoms with E-state index in [1.165, 1.54) is 0 Å². The number of halogens is 2. The standard InChI is InChI=1S/C10H12BrClN2O2/c11-8-3-7(12)2-1-6(8)4-14-5-9(15)10(13)16/h1-3,9,14-15H,4-5H2,(H2,13,16). The minimum absolute atomic E-state index is 0.129. The van der Waals surface area contributed by atoms with Gasteiger partial charge in [-0.2, -0.15) is 0 Å². The van der Waals surface area contributed by atoms with E-state index in [4.69, 9.17) is 22.4 Å². The third kappa shape index (κ3) is 4.09. The number of amides is 1. The number of rotatable bonds is 5. The number of nitrogens with two attached hydrogens (primary N) is 1. The van der Waals surface area contributed by atoms with E-state index in [1.807, 2.05) is 6.07 Å². The third-order valence-electron chi connectivity index (χ3n) is 2.00. The molecule has 1 aromatic carbocycles. The topological polar surface area (TPSA) is 75.4 Å². The van der Waals surface area contributed by atoms with Gasteiger partial charge < -0.3 is 16.2 Å². The van der Waals surface area contributed by atoms with Crippen LogP contribution in [0.25, 0.3) is 0 Å². The Labute approximate surface area is 107 Å². The Kier molecular flexibility index (Phi) is 5.21. The molecule has 0 saturated carbocycles. The average Bonchev–Trinajstić information content (AvgIpc) is 2.20. The van der Waals surface area contributed by atoms with Gasteiger partial charge in [-0.25, -0.2) is 0 Å². The number of aliphatic hydroxyl groups is 1.